The van der Waals surface area contributed by atoms with Crippen LogP contribution in [0.15, 0.2) is 53.4 Å². The molecule has 0 saturated carbocycles. The number of halogens is 3. The lowest BCUT2D eigenvalue weighted by molar-refractivity contribution is -0.274. The van der Waals surface area contributed by atoms with Crippen molar-refractivity contribution in [1.29, 1.82) is 0 Å². The summed E-state index contributed by atoms with van der Waals surface area (Å²) in [6.07, 6.45) is -4.90. The summed E-state index contributed by atoms with van der Waals surface area (Å²) in [4.78, 5) is 12.1. The van der Waals surface area contributed by atoms with E-state index in [2.05, 4.69) is 14.8 Å². The third-order valence-corrected chi connectivity index (χ3v) is 4.49. The lowest BCUT2D eigenvalue weighted by Gasteiger charge is -2.14. The van der Waals surface area contributed by atoms with Crippen molar-refractivity contribution in [2.24, 2.45) is 0 Å². The van der Waals surface area contributed by atoms with Crippen molar-refractivity contribution in [3.63, 3.8) is 0 Å². The first-order chi connectivity index (χ1) is 11.6. The monoisotopic (exact) mass is 374 g/mol. The zero-order valence-corrected chi connectivity index (χ0v) is 13.6. The highest BCUT2D eigenvalue weighted by atomic mass is 32.2. The lowest BCUT2D eigenvalue weighted by atomic mass is 10.2. The van der Waals surface area contributed by atoms with E-state index in [0.717, 1.165) is 6.07 Å². The van der Waals surface area contributed by atoms with Crippen molar-refractivity contribution in [3.05, 3.63) is 54.1 Å². The van der Waals surface area contributed by atoms with Crippen LogP contribution in [0.2, 0.25) is 0 Å². The van der Waals surface area contributed by atoms with E-state index < -0.39 is 28.0 Å². The van der Waals surface area contributed by atoms with E-state index in [4.69, 9.17) is 0 Å². The first-order valence-corrected chi connectivity index (χ1v) is 8.30. The van der Waals surface area contributed by atoms with E-state index in [1.807, 2.05) is 0 Å². The van der Waals surface area contributed by atoms with Crippen molar-refractivity contribution in [1.82, 2.24) is 4.72 Å². The number of rotatable bonds is 5. The summed E-state index contributed by atoms with van der Waals surface area (Å²) < 4.78 is 66.3. The second-order valence-corrected chi connectivity index (χ2v) is 6.62. The fourth-order valence-corrected chi connectivity index (χ4v) is 2.61. The third kappa shape index (κ3) is 4.94. The summed E-state index contributed by atoms with van der Waals surface area (Å²) in [6, 6.07) is 9.97. The highest BCUT2D eigenvalue weighted by Gasteiger charge is 2.32. The molecule has 2 N–H and O–H groups in total. The Morgan fingerprint density at radius 1 is 1.04 bits per heavy atom. The number of ether oxygens (including phenoxy) is 1. The molecular weight excluding hydrogens is 361 g/mol. The molecule has 2 aromatic rings. The number of carbonyl (C=O) groups excluding carboxylic acids is 1. The van der Waals surface area contributed by atoms with Crippen LogP contribution >= 0.6 is 0 Å². The highest BCUT2D eigenvalue weighted by molar-refractivity contribution is 7.89. The van der Waals surface area contributed by atoms with Crippen LogP contribution in [0.3, 0.4) is 0 Å². The number of alkyl halides is 3. The molecule has 0 atom stereocenters. The predicted octanol–water partition coefficient (Wildman–Crippen LogP) is 2.75. The van der Waals surface area contributed by atoms with E-state index in [9.17, 15) is 26.4 Å². The Balaban J connectivity index is 2.21. The van der Waals surface area contributed by atoms with Crippen LogP contribution in [-0.2, 0) is 10.0 Å². The van der Waals surface area contributed by atoms with Crippen molar-refractivity contribution < 1.29 is 31.1 Å². The van der Waals surface area contributed by atoms with Gasteiger partial charge in [-0.25, -0.2) is 13.1 Å². The average molecular weight is 374 g/mol. The van der Waals surface area contributed by atoms with Crippen LogP contribution in [0, 0.1) is 0 Å². The summed E-state index contributed by atoms with van der Waals surface area (Å²) >= 11 is 0. The maximum absolute atomic E-state index is 12.4. The number of anilines is 1. The van der Waals surface area contributed by atoms with Crippen molar-refractivity contribution in [2.45, 2.75) is 11.3 Å². The molecule has 0 aliphatic heterocycles. The van der Waals surface area contributed by atoms with Gasteiger partial charge in [-0.05, 0) is 43.4 Å². The van der Waals surface area contributed by atoms with E-state index in [-0.39, 0.29) is 16.1 Å². The molecule has 1 amide bonds. The van der Waals surface area contributed by atoms with Gasteiger partial charge in [0.25, 0.3) is 5.91 Å². The Hall–Kier alpha value is -2.59. The van der Waals surface area contributed by atoms with Gasteiger partial charge in [0.1, 0.15) is 0 Å². The van der Waals surface area contributed by atoms with Gasteiger partial charge in [0.15, 0.2) is 5.75 Å². The molecule has 0 heterocycles. The predicted molar refractivity (Wildman–Crippen MR) is 83.8 cm³/mol. The number of sulfonamides is 1. The molecule has 0 bridgehead atoms. The Bertz CT molecular complexity index is 865. The number of hydrogen-bond donors (Lipinski definition) is 2. The molecule has 0 radical (unpaired) electrons. The van der Waals surface area contributed by atoms with E-state index >= 15 is 0 Å². The molecular formula is C15H13F3N2O4S. The average Bonchev–Trinajstić information content (AvgIpc) is 2.55. The summed E-state index contributed by atoms with van der Waals surface area (Å²) in [5.41, 5.74) is -0.103. The summed E-state index contributed by atoms with van der Waals surface area (Å²) in [5, 5.41) is 2.29. The van der Waals surface area contributed by atoms with Crippen LogP contribution in [-0.4, -0.2) is 27.7 Å². The molecule has 10 heteroatoms. The second-order valence-electron chi connectivity index (χ2n) is 4.73. The van der Waals surface area contributed by atoms with Crippen molar-refractivity contribution in [2.75, 3.05) is 12.4 Å². The van der Waals surface area contributed by atoms with Crippen molar-refractivity contribution >= 4 is 21.6 Å². The minimum Gasteiger partial charge on any atom is -0.404 e. The number of para-hydroxylation sites is 2. The number of benzene rings is 2. The van der Waals surface area contributed by atoms with Gasteiger partial charge < -0.3 is 10.1 Å². The zero-order chi connectivity index (χ0) is 18.7. The fourth-order valence-electron chi connectivity index (χ4n) is 1.88. The second kappa shape index (κ2) is 7.11. The molecule has 0 fully saturated rings. The van der Waals surface area contributed by atoms with Gasteiger partial charge in [0.05, 0.1) is 10.6 Å². The molecule has 2 rings (SSSR count). The van der Waals surface area contributed by atoms with Crippen LogP contribution in [0.4, 0.5) is 18.9 Å². The van der Waals surface area contributed by atoms with Gasteiger partial charge in [0.2, 0.25) is 10.0 Å². The zero-order valence-electron chi connectivity index (χ0n) is 12.8. The van der Waals surface area contributed by atoms with Gasteiger partial charge >= 0.3 is 6.36 Å². The Morgan fingerprint density at radius 3 is 2.20 bits per heavy atom. The van der Waals surface area contributed by atoms with Gasteiger partial charge in [0, 0.05) is 5.56 Å². The molecule has 0 saturated heterocycles. The largest absolute Gasteiger partial charge is 0.573 e. The Morgan fingerprint density at radius 2 is 1.64 bits per heavy atom. The van der Waals surface area contributed by atoms with Crippen molar-refractivity contribution in [3.8, 4) is 5.75 Å². The van der Waals surface area contributed by atoms with Crippen LogP contribution < -0.4 is 14.8 Å². The maximum atomic E-state index is 12.4. The summed E-state index contributed by atoms with van der Waals surface area (Å²) in [6.45, 7) is 0. The lowest BCUT2D eigenvalue weighted by Crippen LogP contribution is -2.20. The van der Waals surface area contributed by atoms with Crippen LogP contribution in [0.1, 0.15) is 10.4 Å². The van der Waals surface area contributed by atoms with Gasteiger partial charge in [-0.1, -0.05) is 12.1 Å². The third-order valence-electron chi connectivity index (χ3n) is 3.06. The molecule has 134 valence electrons. The minimum absolute atomic E-state index is 0.0487. The topological polar surface area (TPSA) is 84.5 Å². The molecule has 6 nitrogen and oxygen atoms in total. The Kier molecular flexibility index (Phi) is 5.33. The number of carbonyl (C=O) groups is 1. The molecule has 0 aliphatic rings. The molecule has 25 heavy (non-hydrogen) atoms. The first-order valence-electron chi connectivity index (χ1n) is 6.82. The number of amides is 1. The smallest absolute Gasteiger partial charge is 0.404 e. The SMILES string of the molecule is CNS(=O)(=O)c1ccc(C(=O)Nc2ccccc2OC(F)(F)F)cc1. The van der Waals surface area contributed by atoms with E-state index in [0.29, 0.717) is 0 Å². The molecule has 0 aliphatic carbocycles. The van der Waals surface area contributed by atoms with Gasteiger partial charge in [-0.15, -0.1) is 13.2 Å². The van der Waals surface area contributed by atoms with E-state index in [1.54, 1.807) is 0 Å². The molecule has 0 spiro atoms. The van der Waals surface area contributed by atoms with Crippen LogP contribution in [0.5, 0.6) is 5.75 Å². The molecule has 0 unspecified atom stereocenters. The standard InChI is InChI=1S/C15H13F3N2O4S/c1-19-25(22,23)11-8-6-10(7-9-11)14(21)20-12-4-2-3-5-13(12)24-15(16,17)18/h2-9,19H,1H3,(H,20,21). The Labute approximate surface area is 141 Å². The summed E-state index contributed by atoms with van der Waals surface area (Å²) in [7, 11) is -2.41. The highest BCUT2D eigenvalue weighted by Crippen LogP contribution is 2.30. The number of nitrogens with one attached hydrogen (secondary N) is 2. The van der Waals surface area contributed by atoms with Gasteiger partial charge in [-0.2, -0.15) is 0 Å². The molecule has 2 aromatic carbocycles. The maximum Gasteiger partial charge on any atom is 0.573 e. The first kappa shape index (κ1) is 18.7. The fraction of sp³-hybridized carbons (Fsp3) is 0.133. The van der Waals surface area contributed by atoms with Crippen LogP contribution in [0.25, 0.3) is 0 Å². The normalized spacial score (nSPS) is 11.8. The van der Waals surface area contributed by atoms with Gasteiger partial charge in [-0.3, -0.25) is 4.79 Å². The molecule has 0 aromatic heterocycles. The van der Waals surface area contributed by atoms with E-state index in [1.165, 1.54) is 49.5 Å². The quantitative estimate of drug-likeness (QED) is 0.843. The minimum atomic E-state index is -4.90. The number of hydrogen-bond acceptors (Lipinski definition) is 4. The summed E-state index contributed by atoms with van der Waals surface area (Å²) in [5.74, 6) is -1.27.